The first-order chi connectivity index (χ1) is 10.0. The fourth-order valence-electron chi connectivity index (χ4n) is 1.70. The van der Waals surface area contributed by atoms with Crippen LogP contribution in [0, 0.1) is 11.6 Å². The van der Waals surface area contributed by atoms with E-state index in [1.54, 1.807) is 7.05 Å². The highest BCUT2D eigenvalue weighted by Gasteiger charge is 2.13. The molecule has 0 aliphatic rings. The summed E-state index contributed by atoms with van der Waals surface area (Å²) < 4.78 is 26.5. The van der Waals surface area contributed by atoms with Gasteiger partial charge in [0.15, 0.2) is 0 Å². The Morgan fingerprint density at radius 3 is 2.81 bits per heavy atom. The molecule has 0 atom stereocenters. The van der Waals surface area contributed by atoms with E-state index in [0.717, 1.165) is 18.2 Å². The molecule has 0 aliphatic heterocycles. The number of halogens is 3. The molecule has 0 bridgehead atoms. The number of aromatic nitrogens is 1. The van der Waals surface area contributed by atoms with Crippen molar-refractivity contribution in [3.63, 3.8) is 0 Å². The average molecular weight is 312 g/mol. The van der Waals surface area contributed by atoms with Gasteiger partial charge in [-0.25, -0.2) is 13.8 Å². The summed E-state index contributed by atoms with van der Waals surface area (Å²) in [6.07, 6.45) is 1.34. The zero-order valence-electron chi connectivity index (χ0n) is 11.1. The minimum absolute atomic E-state index is 0.0577. The zero-order valence-corrected chi connectivity index (χ0v) is 11.8. The first-order valence-electron chi connectivity index (χ1n) is 6.06. The lowest BCUT2D eigenvalue weighted by atomic mass is 10.2. The Morgan fingerprint density at radius 2 is 2.10 bits per heavy atom. The van der Waals surface area contributed by atoms with Crippen molar-refractivity contribution in [2.75, 3.05) is 12.4 Å². The van der Waals surface area contributed by atoms with Crippen molar-refractivity contribution in [3.05, 3.63) is 58.2 Å². The summed E-state index contributed by atoms with van der Waals surface area (Å²) in [4.78, 5) is 16.0. The second kappa shape index (κ2) is 6.49. The Labute approximate surface area is 125 Å². The molecule has 2 aromatic rings. The number of carbonyl (C=O) groups excluding carboxylic acids is 1. The van der Waals surface area contributed by atoms with E-state index in [0.29, 0.717) is 5.82 Å². The van der Waals surface area contributed by atoms with E-state index in [4.69, 9.17) is 11.6 Å². The number of nitrogens with zero attached hydrogens (tertiary/aromatic N) is 1. The van der Waals surface area contributed by atoms with E-state index in [1.807, 2.05) is 0 Å². The highest BCUT2D eigenvalue weighted by molar-refractivity contribution is 6.33. The number of amides is 1. The van der Waals surface area contributed by atoms with Crippen LogP contribution in [0.4, 0.5) is 14.6 Å². The molecule has 0 aliphatic carbocycles. The molecule has 7 heteroatoms. The standard InChI is InChI=1S/C14H12ClF2N3O/c1-18-13-5-10(11(15)7-19-13)14(21)20-6-8-4-9(16)2-3-12(8)17/h2-5,7H,6H2,1H3,(H,18,19)(H,20,21). The summed E-state index contributed by atoms with van der Waals surface area (Å²) in [5, 5.41) is 5.44. The van der Waals surface area contributed by atoms with E-state index >= 15 is 0 Å². The van der Waals surface area contributed by atoms with E-state index in [-0.39, 0.29) is 22.7 Å². The molecule has 21 heavy (non-hydrogen) atoms. The lowest BCUT2D eigenvalue weighted by molar-refractivity contribution is 0.0950. The Bertz CT molecular complexity index is 679. The molecule has 0 fully saturated rings. The van der Waals surface area contributed by atoms with Gasteiger partial charge in [0, 0.05) is 25.4 Å². The van der Waals surface area contributed by atoms with Crippen molar-refractivity contribution in [3.8, 4) is 0 Å². The van der Waals surface area contributed by atoms with Gasteiger partial charge in [-0.1, -0.05) is 11.6 Å². The summed E-state index contributed by atoms with van der Waals surface area (Å²) in [6.45, 7) is -0.143. The maximum Gasteiger partial charge on any atom is 0.253 e. The summed E-state index contributed by atoms with van der Waals surface area (Å²) in [6, 6.07) is 4.53. The van der Waals surface area contributed by atoms with E-state index in [2.05, 4.69) is 15.6 Å². The number of anilines is 1. The number of rotatable bonds is 4. The van der Waals surface area contributed by atoms with Gasteiger partial charge in [0.25, 0.3) is 5.91 Å². The third-order valence-corrected chi connectivity index (χ3v) is 3.10. The van der Waals surface area contributed by atoms with Gasteiger partial charge in [-0.05, 0) is 24.3 Å². The van der Waals surface area contributed by atoms with Crippen molar-refractivity contribution in [1.29, 1.82) is 0 Å². The predicted octanol–water partition coefficient (Wildman–Crippen LogP) is 2.98. The summed E-state index contributed by atoms with van der Waals surface area (Å²) in [5.41, 5.74) is 0.259. The largest absolute Gasteiger partial charge is 0.373 e. The van der Waals surface area contributed by atoms with Crippen LogP contribution in [0.1, 0.15) is 15.9 Å². The Morgan fingerprint density at radius 1 is 1.33 bits per heavy atom. The average Bonchev–Trinajstić information content (AvgIpc) is 2.48. The zero-order chi connectivity index (χ0) is 15.4. The van der Waals surface area contributed by atoms with Crippen LogP contribution in [-0.2, 0) is 6.54 Å². The summed E-state index contributed by atoms with van der Waals surface area (Å²) >= 11 is 5.90. The van der Waals surface area contributed by atoms with Crippen molar-refractivity contribution in [2.24, 2.45) is 0 Å². The third kappa shape index (κ3) is 3.66. The van der Waals surface area contributed by atoms with Crippen LogP contribution in [-0.4, -0.2) is 17.9 Å². The van der Waals surface area contributed by atoms with Crippen LogP contribution >= 0.6 is 11.6 Å². The van der Waals surface area contributed by atoms with Crippen molar-refractivity contribution < 1.29 is 13.6 Å². The molecule has 0 unspecified atom stereocenters. The minimum Gasteiger partial charge on any atom is -0.373 e. The molecule has 1 heterocycles. The fourth-order valence-corrected chi connectivity index (χ4v) is 1.89. The molecule has 110 valence electrons. The molecule has 2 N–H and O–H groups in total. The van der Waals surface area contributed by atoms with Crippen LogP contribution in [0.25, 0.3) is 0 Å². The summed E-state index contributed by atoms with van der Waals surface area (Å²) in [7, 11) is 1.65. The van der Waals surface area contributed by atoms with Crippen LogP contribution in [0.2, 0.25) is 5.02 Å². The van der Waals surface area contributed by atoms with Gasteiger partial charge in [0.2, 0.25) is 0 Å². The van der Waals surface area contributed by atoms with Crippen LogP contribution < -0.4 is 10.6 Å². The Kier molecular flexibility index (Phi) is 4.70. The van der Waals surface area contributed by atoms with Gasteiger partial charge >= 0.3 is 0 Å². The monoisotopic (exact) mass is 311 g/mol. The van der Waals surface area contributed by atoms with Gasteiger partial charge in [0.05, 0.1) is 10.6 Å². The van der Waals surface area contributed by atoms with Crippen molar-refractivity contribution in [1.82, 2.24) is 10.3 Å². The second-order valence-electron chi connectivity index (χ2n) is 4.22. The van der Waals surface area contributed by atoms with Crippen LogP contribution in [0.3, 0.4) is 0 Å². The van der Waals surface area contributed by atoms with Crippen LogP contribution in [0.5, 0.6) is 0 Å². The first kappa shape index (κ1) is 15.2. The lowest BCUT2D eigenvalue weighted by Crippen LogP contribution is -2.24. The van der Waals surface area contributed by atoms with E-state index in [1.165, 1.54) is 12.3 Å². The molecular formula is C14H12ClF2N3O. The quantitative estimate of drug-likeness (QED) is 0.912. The topological polar surface area (TPSA) is 54.0 Å². The maximum atomic E-state index is 13.5. The SMILES string of the molecule is CNc1cc(C(=O)NCc2cc(F)ccc2F)c(Cl)cn1. The Balaban J connectivity index is 2.13. The smallest absolute Gasteiger partial charge is 0.253 e. The fraction of sp³-hybridized carbons (Fsp3) is 0.143. The molecule has 1 aromatic heterocycles. The first-order valence-corrected chi connectivity index (χ1v) is 6.44. The van der Waals surface area contributed by atoms with E-state index in [9.17, 15) is 13.6 Å². The number of benzene rings is 1. The molecule has 0 spiro atoms. The van der Waals surface area contributed by atoms with Crippen LogP contribution in [0.15, 0.2) is 30.5 Å². The maximum absolute atomic E-state index is 13.5. The molecule has 4 nitrogen and oxygen atoms in total. The molecular weight excluding hydrogens is 300 g/mol. The van der Waals surface area contributed by atoms with Gasteiger partial charge in [-0.15, -0.1) is 0 Å². The van der Waals surface area contributed by atoms with Crippen molar-refractivity contribution in [2.45, 2.75) is 6.54 Å². The molecule has 1 aromatic carbocycles. The third-order valence-electron chi connectivity index (χ3n) is 2.80. The minimum atomic E-state index is -0.589. The lowest BCUT2D eigenvalue weighted by Gasteiger charge is -2.09. The molecule has 0 saturated heterocycles. The second-order valence-corrected chi connectivity index (χ2v) is 4.62. The number of carbonyl (C=O) groups is 1. The predicted molar refractivity (Wildman–Crippen MR) is 76.3 cm³/mol. The summed E-state index contributed by atoms with van der Waals surface area (Å²) in [5.74, 6) is -1.18. The van der Waals surface area contributed by atoms with Crippen molar-refractivity contribution >= 4 is 23.3 Å². The molecule has 0 radical (unpaired) electrons. The number of hydrogen-bond acceptors (Lipinski definition) is 3. The van der Waals surface area contributed by atoms with Gasteiger partial charge in [0.1, 0.15) is 17.5 Å². The van der Waals surface area contributed by atoms with Gasteiger partial charge in [-0.3, -0.25) is 4.79 Å². The molecule has 2 rings (SSSR count). The highest BCUT2D eigenvalue weighted by Crippen LogP contribution is 2.18. The normalized spacial score (nSPS) is 10.3. The van der Waals surface area contributed by atoms with Gasteiger partial charge in [-0.2, -0.15) is 0 Å². The number of nitrogens with one attached hydrogen (secondary N) is 2. The number of hydrogen-bond donors (Lipinski definition) is 2. The van der Waals surface area contributed by atoms with Gasteiger partial charge < -0.3 is 10.6 Å². The highest BCUT2D eigenvalue weighted by atomic mass is 35.5. The van der Waals surface area contributed by atoms with E-state index < -0.39 is 17.5 Å². The molecule has 1 amide bonds. The molecule has 0 saturated carbocycles. The Hall–Kier alpha value is -2.21. The number of pyridine rings is 1.